The van der Waals surface area contributed by atoms with Crippen molar-refractivity contribution in [3.63, 3.8) is 0 Å². The van der Waals surface area contributed by atoms with Gasteiger partial charge in [-0.05, 0) is 62.1 Å². The Balaban J connectivity index is 1.78. The van der Waals surface area contributed by atoms with E-state index in [0.29, 0.717) is 42.4 Å². The third kappa shape index (κ3) is 5.32. The van der Waals surface area contributed by atoms with Gasteiger partial charge in [-0.1, -0.05) is 19.1 Å². The molecule has 1 aliphatic carbocycles. The maximum atomic E-state index is 13.3. The molecule has 0 bridgehead atoms. The van der Waals surface area contributed by atoms with Crippen LogP contribution in [0, 0.1) is 0 Å². The monoisotopic (exact) mass is 410 g/mol. The van der Waals surface area contributed by atoms with Gasteiger partial charge in [-0.15, -0.1) is 0 Å². The third-order valence-electron chi connectivity index (χ3n) is 5.00. The molecule has 2 aromatic carbocycles. The van der Waals surface area contributed by atoms with E-state index in [1.54, 1.807) is 31.3 Å². The molecule has 0 radical (unpaired) electrons. The van der Waals surface area contributed by atoms with Crippen molar-refractivity contribution < 1.29 is 19.1 Å². The Bertz CT molecular complexity index is 875. The lowest BCUT2D eigenvalue weighted by Crippen LogP contribution is -2.32. The van der Waals surface area contributed by atoms with Crippen LogP contribution in [-0.4, -0.2) is 43.0 Å². The second-order valence-electron chi connectivity index (χ2n) is 7.38. The summed E-state index contributed by atoms with van der Waals surface area (Å²) in [4.78, 5) is 26.9. The summed E-state index contributed by atoms with van der Waals surface area (Å²) in [5, 5.41) is 2.62. The first-order valence-electron chi connectivity index (χ1n) is 10.6. The minimum absolute atomic E-state index is 0.0177. The Morgan fingerprint density at radius 1 is 1.00 bits per heavy atom. The van der Waals surface area contributed by atoms with Gasteiger partial charge in [-0.25, -0.2) is 0 Å². The fourth-order valence-electron chi connectivity index (χ4n) is 3.26. The van der Waals surface area contributed by atoms with E-state index in [0.717, 1.165) is 24.8 Å². The highest BCUT2D eigenvalue weighted by Crippen LogP contribution is 2.33. The predicted octanol–water partition coefficient (Wildman–Crippen LogP) is 4.04. The summed E-state index contributed by atoms with van der Waals surface area (Å²) >= 11 is 0. The quantitative estimate of drug-likeness (QED) is 0.642. The second kappa shape index (κ2) is 10.1. The van der Waals surface area contributed by atoms with Crippen LogP contribution in [0.2, 0.25) is 0 Å². The first-order valence-corrected chi connectivity index (χ1v) is 10.6. The lowest BCUT2D eigenvalue weighted by Gasteiger charge is -2.23. The molecule has 6 heteroatoms. The van der Waals surface area contributed by atoms with Gasteiger partial charge in [0.1, 0.15) is 0 Å². The number of ether oxygens (including phenoxy) is 2. The van der Waals surface area contributed by atoms with Gasteiger partial charge in [0, 0.05) is 30.8 Å². The molecule has 160 valence electrons. The standard InChI is InChI=1S/C24H30N2O4/c1-4-14-30-21-13-10-19(15-22(21)29-5-2)24(28)26(20-11-12-20)16-17-6-8-18(9-7-17)23(27)25-3/h6-10,13,15,20H,4-5,11-12,14,16H2,1-3H3,(H,25,27). The first kappa shape index (κ1) is 21.7. The normalized spacial score (nSPS) is 12.9. The first-order chi connectivity index (χ1) is 14.6. The number of hydrogen-bond acceptors (Lipinski definition) is 4. The van der Waals surface area contributed by atoms with Gasteiger partial charge in [0.25, 0.3) is 11.8 Å². The molecule has 1 N–H and O–H groups in total. The van der Waals surface area contributed by atoms with Crippen molar-refractivity contribution in [2.45, 2.75) is 45.7 Å². The molecule has 1 aliphatic rings. The average molecular weight is 411 g/mol. The molecule has 1 saturated carbocycles. The molecule has 0 atom stereocenters. The molecule has 30 heavy (non-hydrogen) atoms. The smallest absolute Gasteiger partial charge is 0.254 e. The van der Waals surface area contributed by atoms with E-state index in [9.17, 15) is 9.59 Å². The average Bonchev–Trinajstić information content (AvgIpc) is 3.61. The van der Waals surface area contributed by atoms with Crippen molar-refractivity contribution in [1.82, 2.24) is 10.2 Å². The van der Waals surface area contributed by atoms with E-state index in [2.05, 4.69) is 5.32 Å². The van der Waals surface area contributed by atoms with Crippen LogP contribution in [-0.2, 0) is 6.54 Å². The molecule has 0 saturated heterocycles. The molecule has 0 spiro atoms. The molecule has 3 rings (SSSR count). The molecular weight excluding hydrogens is 380 g/mol. The van der Waals surface area contributed by atoms with Crippen LogP contribution in [0.1, 0.15) is 59.4 Å². The van der Waals surface area contributed by atoms with Crippen LogP contribution in [0.25, 0.3) is 0 Å². The summed E-state index contributed by atoms with van der Waals surface area (Å²) in [6.07, 6.45) is 2.93. The number of amides is 2. The molecule has 1 fully saturated rings. The Morgan fingerprint density at radius 3 is 2.30 bits per heavy atom. The fourth-order valence-corrected chi connectivity index (χ4v) is 3.26. The lowest BCUT2D eigenvalue weighted by molar-refractivity contribution is 0.0729. The van der Waals surface area contributed by atoms with Crippen LogP contribution in [0.5, 0.6) is 11.5 Å². The molecule has 2 amide bonds. The van der Waals surface area contributed by atoms with Gasteiger partial charge in [0.2, 0.25) is 0 Å². The fraction of sp³-hybridized carbons (Fsp3) is 0.417. The van der Waals surface area contributed by atoms with Crippen molar-refractivity contribution in [2.75, 3.05) is 20.3 Å². The number of carbonyl (C=O) groups is 2. The van der Waals surface area contributed by atoms with Gasteiger partial charge in [-0.3, -0.25) is 9.59 Å². The van der Waals surface area contributed by atoms with Crippen LogP contribution in [0.15, 0.2) is 42.5 Å². The summed E-state index contributed by atoms with van der Waals surface area (Å²) in [5.74, 6) is 1.13. The molecule has 6 nitrogen and oxygen atoms in total. The van der Waals surface area contributed by atoms with Gasteiger partial charge in [0.05, 0.1) is 13.2 Å². The second-order valence-corrected chi connectivity index (χ2v) is 7.38. The Labute approximate surface area is 178 Å². The summed E-state index contributed by atoms with van der Waals surface area (Å²) in [5.41, 5.74) is 2.20. The van der Waals surface area contributed by atoms with Crippen LogP contribution in [0.3, 0.4) is 0 Å². The van der Waals surface area contributed by atoms with Crippen LogP contribution >= 0.6 is 0 Å². The van der Waals surface area contributed by atoms with Gasteiger partial charge in [0.15, 0.2) is 11.5 Å². The summed E-state index contributed by atoms with van der Waals surface area (Å²) in [7, 11) is 1.61. The molecule has 0 aromatic heterocycles. The number of nitrogens with one attached hydrogen (secondary N) is 1. The zero-order chi connectivity index (χ0) is 21.5. The lowest BCUT2D eigenvalue weighted by atomic mass is 10.1. The largest absolute Gasteiger partial charge is 0.490 e. The Morgan fingerprint density at radius 2 is 1.70 bits per heavy atom. The van der Waals surface area contributed by atoms with Crippen LogP contribution < -0.4 is 14.8 Å². The predicted molar refractivity (Wildman–Crippen MR) is 116 cm³/mol. The minimum Gasteiger partial charge on any atom is -0.490 e. The SMILES string of the molecule is CCCOc1ccc(C(=O)N(Cc2ccc(C(=O)NC)cc2)C2CC2)cc1OCC. The van der Waals surface area contributed by atoms with Crippen molar-refractivity contribution in [2.24, 2.45) is 0 Å². The maximum absolute atomic E-state index is 13.3. The number of nitrogens with zero attached hydrogens (tertiary/aromatic N) is 1. The van der Waals surface area contributed by atoms with E-state index in [1.807, 2.05) is 36.9 Å². The third-order valence-corrected chi connectivity index (χ3v) is 5.00. The van der Waals surface area contributed by atoms with Crippen molar-refractivity contribution in [1.29, 1.82) is 0 Å². The van der Waals surface area contributed by atoms with Crippen LogP contribution in [0.4, 0.5) is 0 Å². The minimum atomic E-state index is -0.120. The summed E-state index contributed by atoms with van der Waals surface area (Å²) in [6.45, 7) is 5.58. The molecule has 0 heterocycles. The van der Waals surface area contributed by atoms with E-state index in [4.69, 9.17) is 9.47 Å². The van der Waals surface area contributed by atoms with E-state index < -0.39 is 0 Å². The summed E-state index contributed by atoms with van der Waals surface area (Å²) < 4.78 is 11.5. The van der Waals surface area contributed by atoms with Gasteiger partial charge < -0.3 is 19.7 Å². The molecular formula is C24H30N2O4. The molecule has 2 aromatic rings. The van der Waals surface area contributed by atoms with Crippen molar-refractivity contribution >= 4 is 11.8 Å². The zero-order valence-electron chi connectivity index (χ0n) is 17.9. The topological polar surface area (TPSA) is 67.9 Å². The van der Waals surface area contributed by atoms with Gasteiger partial charge >= 0.3 is 0 Å². The van der Waals surface area contributed by atoms with E-state index in [1.165, 1.54) is 0 Å². The van der Waals surface area contributed by atoms with Gasteiger partial charge in [-0.2, -0.15) is 0 Å². The highest BCUT2D eigenvalue weighted by atomic mass is 16.5. The molecule has 0 unspecified atom stereocenters. The van der Waals surface area contributed by atoms with E-state index in [-0.39, 0.29) is 17.9 Å². The maximum Gasteiger partial charge on any atom is 0.254 e. The molecule has 0 aliphatic heterocycles. The Kier molecular flexibility index (Phi) is 7.33. The number of rotatable bonds is 10. The van der Waals surface area contributed by atoms with E-state index >= 15 is 0 Å². The Hall–Kier alpha value is -3.02. The highest BCUT2D eigenvalue weighted by molar-refractivity contribution is 5.95. The number of hydrogen-bond donors (Lipinski definition) is 1. The number of benzene rings is 2. The van der Waals surface area contributed by atoms with Crippen molar-refractivity contribution in [3.05, 3.63) is 59.2 Å². The zero-order valence-corrected chi connectivity index (χ0v) is 17.9. The van der Waals surface area contributed by atoms with Crippen molar-refractivity contribution in [3.8, 4) is 11.5 Å². The summed E-state index contributed by atoms with van der Waals surface area (Å²) in [6, 6.07) is 13.0. The highest BCUT2D eigenvalue weighted by Gasteiger charge is 2.33. The number of carbonyl (C=O) groups excluding carboxylic acids is 2.